The minimum Gasteiger partial charge on any atom is -0.368 e. The van der Waals surface area contributed by atoms with Gasteiger partial charge in [0.05, 0.1) is 10.7 Å². The number of nitrogens with zero attached hydrogens (tertiary/aromatic N) is 5. The average Bonchev–Trinajstić information content (AvgIpc) is 3.08. The normalized spacial score (nSPS) is 14.3. The van der Waals surface area contributed by atoms with Gasteiger partial charge < -0.3 is 9.80 Å². The molecule has 0 unspecified atom stereocenters. The number of aromatic nitrogens is 3. The summed E-state index contributed by atoms with van der Waals surface area (Å²) in [5.41, 5.74) is 5.96. The van der Waals surface area contributed by atoms with Gasteiger partial charge in [-0.05, 0) is 63.1 Å². The largest absolute Gasteiger partial charge is 0.368 e. The lowest BCUT2D eigenvalue weighted by Crippen LogP contribution is -2.49. The van der Waals surface area contributed by atoms with Gasteiger partial charge in [-0.25, -0.2) is 9.67 Å². The van der Waals surface area contributed by atoms with Crippen LogP contribution in [0, 0.1) is 27.7 Å². The van der Waals surface area contributed by atoms with Crippen LogP contribution in [0.3, 0.4) is 0 Å². The second-order valence-electron chi connectivity index (χ2n) is 7.84. The molecule has 0 spiro atoms. The summed E-state index contributed by atoms with van der Waals surface area (Å²) in [5, 5.41) is 4.82. The first-order valence-corrected chi connectivity index (χ1v) is 10.5. The van der Waals surface area contributed by atoms with E-state index in [-0.39, 0.29) is 11.6 Å². The lowest BCUT2D eigenvalue weighted by Gasteiger charge is -2.37. The molecule has 7 heteroatoms. The minimum absolute atomic E-state index is 0.135. The van der Waals surface area contributed by atoms with E-state index in [1.54, 1.807) is 16.8 Å². The standard InChI is InChI=1S/C23H26ClN5O/c1-15-6-5-7-20(18(15)4)27-10-12-28(13-11-27)23(30)22-19(24)8-9-21(25-22)29-17(3)14-16(2)26-29/h5-9,14H,10-13H2,1-4H3. The van der Waals surface area contributed by atoms with E-state index in [4.69, 9.17) is 11.6 Å². The van der Waals surface area contributed by atoms with Gasteiger partial charge >= 0.3 is 0 Å². The Hall–Kier alpha value is -2.86. The van der Waals surface area contributed by atoms with Gasteiger partial charge in [-0.1, -0.05) is 23.7 Å². The fourth-order valence-electron chi connectivity index (χ4n) is 3.94. The first-order valence-electron chi connectivity index (χ1n) is 10.2. The third-order valence-electron chi connectivity index (χ3n) is 5.74. The predicted octanol–water partition coefficient (Wildman–Crippen LogP) is 4.12. The molecule has 0 N–H and O–H groups in total. The second kappa shape index (κ2) is 8.11. The van der Waals surface area contributed by atoms with Crippen molar-refractivity contribution in [2.45, 2.75) is 27.7 Å². The van der Waals surface area contributed by atoms with E-state index in [1.807, 2.05) is 24.8 Å². The molecular formula is C23H26ClN5O. The molecule has 3 aromatic rings. The molecule has 3 heterocycles. The number of halogens is 1. The van der Waals surface area contributed by atoms with Crippen LogP contribution in [0.1, 0.15) is 33.0 Å². The summed E-state index contributed by atoms with van der Waals surface area (Å²) in [6, 6.07) is 11.8. The summed E-state index contributed by atoms with van der Waals surface area (Å²) < 4.78 is 1.74. The summed E-state index contributed by atoms with van der Waals surface area (Å²) >= 11 is 6.36. The summed E-state index contributed by atoms with van der Waals surface area (Å²) in [6.07, 6.45) is 0. The highest BCUT2D eigenvalue weighted by Crippen LogP contribution is 2.25. The molecule has 0 saturated carbocycles. The highest BCUT2D eigenvalue weighted by atomic mass is 35.5. The van der Waals surface area contributed by atoms with E-state index in [1.165, 1.54) is 16.8 Å². The van der Waals surface area contributed by atoms with Crippen LogP contribution in [-0.4, -0.2) is 51.8 Å². The van der Waals surface area contributed by atoms with Crippen molar-refractivity contribution in [3.63, 3.8) is 0 Å². The maximum Gasteiger partial charge on any atom is 0.274 e. The van der Waals surface area contributed by atoms with Gasteiger partial charge in [-0.15, -0.1) is 0 Å². The number of rotatable bonds is 3. The van der Waals surface area contributed by atoms with Crippen LogP contribution >= 0.6 is 11.6 Å². The number of pyridine rings is 1. The average molecular weight is 424 g/mol. The SMILES string of the molecule is Cc1cc(C)n(-c2ccc(Cl)c(C(=O)N3CCN(c4cccc(C)c4C)CC3)n2)n1. The minimum atomic E-state index is -0.135. The maximum atomic E-state index is 13.2. The van der Waals surface area contributed by atoms with Crippen molar-refractivity contribution < 1.29 is 4.79 Å². The van der Waals surface area contributed by atoms with E-state index >= 15 is 0 Å². The molecule has 0 bridgehead atoms. The number of hydrogen-bond donors (Lipinski definition) is 0. The monoisotopic (exact) mass is 423 g/mol. The van der Waals surface area contributed by atoms with Gasteiger partial charge in [0.2, 0.25) is 0 Å². The zero-order valence-electron chi connectivity index (χ0n) is 17.8. The summed E-state index contributed by atoms with van der Waals surface area (Å²) in [4.78, 5) is 21.9. The second-order valence-corrected chi connectivity index (χ2v) is 8.24. The highest BCUT2D eigenvalue weighted by molar-refractivity contribution is 6.33. The molecule has 0 atom stereocenters. The van der Waals surface area contributed by atoms with Crippen molar-refractivity contribution in [1.29, 1.82) is 0 Å². The van der Waals surface area contributed by atoms with Crippen LogP contribution in [0.2, 0.25) is 5.02 Å². The summed E-state index contributed by atoms with van der Waals surface area (Å²) in [5.74, 6) is 0.464. The Kier molecular flexibility index (Phi) is 5.52. The predicted molar refractivity (Wildman–Crippen MR) is 120 cm³/mol. The van der Waals surface area contributed by atoms with Crippen LogP contribution in [0.5, 0.6) is 0 Å². The molecule has 0 radical (unpaired) electrons. The molecule has 6 nitrogen and oxygen atoms in total. The Morgan fingerprint density at radius 1 is 1.00 bits per heavy atom. The maximum absolute atomic E-state index is 13.2. The molecule has 1 aliphatic rings. The summed E-state index contributed by atoms with van der Waals surface area (Å²) in [6.45, 7) is 11.0. The van der Waals surface area contributed by atoms with Gasteiger partial charge in [0.25, 0.3) is 5.91 Å². The van der Waals surface area contributed by atoms with Crippen molar-refractivity contribution in [3.8, 4) is 5.82 Å². The lowest BCUT2D eigenvalue weighted by molar-refractivity contribution is 0.0741. The van der Waals surface area contributed by atoms with E-state index < -0.39 is 0 Å². The highest BCUT2D eigenvalue weighted by Gasteiger charge is 2.26. The van der Waals surface area contributed by atoms with E-state index in [0.717, 1.165) is 24.5 Å². The Balaban J connectivity index is 1.52. The number of anilines is 1. The van der Waals surface area contributed by atoms with Crippen LogP contribution in [-0.2, 0) is 0 Å². The molecule has 30 heavy (non-hydrogen) atoms. The molecule has 1 fully saturated rings. The smallest absolute Gasteiger partial charge is 0.274 e. The first-order chi connectivity index (χ1) is 14.3. The van der Waals surface area contributed by atoms with Crippen molar-refractivity contribution in [2.24, 2.45) is 0 Å². The Morgan fingerprint density at radius 2 is 1.73 bits per heavy atom. The number of carbonyl (C=O) groups is 1. The number of benzene rings is 1. The van der Waals surface area contributed by atoms with Crippen molar-refractivity contribution in [3.05, 3.63) is 69.6 Å². The van der Waals surface area contributed by atoms with E-state index in [2.05, 4.69) is 47.0 Å². The zero-order valence-corrected chi connectivity index (χ0v) is 18.6. The van der Waals surface area contributed by atoms with Gasteiger partial charge in [0.1, 0.15) is 5.69 Å². The van der Waals surface area contributed by atoms with Crippen LogP contribution in [0.25, 0.3) is 5.82 Å². The molecule has 1 amide bonds. The molecule has 1 aliphatic heterocycles. The topological polar surface area (TPSA) is 54.3 Å². The van der Waals surface area contributed by atoms with Gasteiger partial charge in [-0.3, -0.25) is 4.79 Å². The van der Waals surface area contributed by atoms with Gasteiger partial charge in [0.15, 0.2) is 5.82 Å². The zero-order chi connectivity index (χ0) is 21.4. The van der Waals surface area contributed by atoms with Crippen molar-refractivity contribution in [2.75, 3.05) is 31.1 Å². The molecule has 2 aromatic heterocycles. The molecule has 1 saturated heterocycles. The van der Waals surface area contributed by atoms with Crippen LogP contribution in [0.15, 0.2) is 36.4 Å². The number of amides is 1. The number of aryl methyl sites for hydroxylation is 3. The van der Waals surface area contributed by atoms with E-state index in [9.17, 15) is 4.79 Å². The third-order valence-corrected chi connectivity index (χ3v) is 6.05. The Morgan fingerprint density at radius 3 is 2.40 bits per heavy atom. The Bertz CT molecular complexity index is 1100. The molecular weight excluding hydrogens is 398 g/mol. The number of carbonyl (C=O) groups excluding carboxylic acids is 1. The van der Waals surface area contributed by atoms with Crippen molar-refractivity contribution >= 4 is 23.2 Å². The van der Waals surface area contributed by atoms with Crippen LogP contribution < -0.4 is 4.90 Å². The van der Waals surface area contributed by atoms with Crippen molar-refractivity contribution in [1.82, 2.24) is 19.7 Å². The molecule has 0 aliphatic carbocycles. The quantitative estimate of drug-likeness (QED) is 0.636. The molecule has 4 rings (SSSR count). The lowest BCUT2D eigenvalue weighted by atomic mass is 10.1. The van der Waals surface area contributed by atoms with Crippen LogP contribution in [0.4, 0.5) is 5.69 Å². The van der Waals surface area contributed by atoms with Gasteiger partial charge in [-0.2, -0.15) is 5.10 Å². The summed E-state index contributed by atoms with van der Waals surface area (Å²) in [7, 11) is 0. The Labute approximate surface area is 182 Å². The first kappa shape index (κ1) is 20.4. The third kappa shape index (κ3) is 3.79. The van der Waals surface area contributed by atoms with Gasteiger partial charge in [0, 0.05) is 37.6 Å². The number of piperazine rings is 1. The fourth-order valence-corrected chi connectivity index (χ4v) is 4.13. The fraction of sp³-hybridized carbons (Fsp3) is 0.348. The van der Waals surface area contributed by atoms with E-state index in [0.29, 0.717) is 23.9 Å². The molecule has 156 valence electrons. The number of hydrogen-bond acceptors (Lipinski definition) is 4. The molecule has 1 aromatic carbocycles.